The number of para-hydroxylation sites is 1. The minimum Gasteiger partial charge on any atom is -0.480 e. The molecule has 1 aromatic heterocycles. The number of esters is 1. The smallest absolute Gasteiger partial charge is 0.344 e. The van der Waals surface area contributed by atoms with Crippen molar-refractivity contribution in [1.82, 2.24) is 4.57 Å². The summed E-state index contributed by atoms with van der Waals surface area (Å²) in [6.45, 7) is 2.04. The van der Waals surface area contributed by atoms with Gasteiger partial charge in [-0.2, -0.15) is 0 Å². The third-order valence-electron chi connectivity index (χ3n) is 5.06. The lowest BCUT2D eigenvalue weighted by molar-refractivity contribution is -0.149. The molecule has 0 unspecified atom stereocenters. The molecular weight excluding hydrogens is 487 g/mol. The summed E-state index contributed by atoms with van der Waals surface area (Å²) in [5.74, 6) is -1.00. The first-order chi connectivity index (χ1) is 15.9. The molecule has 0 spiro atoms. The van der Waals surface area contributed by atoms with E-state index >= 15 is 0 Å². The molecular formula is C24H19Cl3N2O4. The first kappa shape index (κ1) is 23.2. The predicted molar refractivity (Wildman–Crippen MR) is 132 cm³/mol. The molecule has 0 saturated heterocycles. The van der Waals surface area contributed by atoms with Gasteiger partial charge in [-0.05, 0) is 37.3 Å². The largest absolute Gasteiger partial charge is 0.480 e. The SMILES string of the molecule is CCn1c2ccccc2c2cc(NC(=O)COC(=O)COc3cc(Cl)c(Cl)cc3Cl)ccc21. The van der Waals surface area contributed by atoms with E-state index in [-0.39, 0.29) is 20.8 Å². The van der Waals surface area contributed by atoms with E-state index in [1.54, 1.807) is 0 Å². The van der Waals surface area contributed by atoms with Crippen LogP contribution in [0, 0.1) is 0 Å². The Labute approximate surface area is 204 Å². The Bertz CT molecular complexity index is 1370. The summed E-state index contributed by atoms with van der Waals surface area (Å²) in [6, 6.07) is 16.6. The van der Waals surface area contributed by atoms with Crippen molar-refractivity contribution in [2.75, 3.05) is 18.5 Å². The lowest BCUT2D eigenvalue weighted by Gasteiger charge is -2.10. The van der Waals surface area contributed by atoms with E-state index in [1.807, 2.05) is 30.3 Å². The third kappa shape index (κ3) is 5.03. The average Bonchev–Trinajstić information content (AvgIpc) is 3.12. The van der Waals surface area contributed by atoms with Crippen LogP contribution < -0.4 is 10.1 Å². The lowest BCUT2D eigenvalue weighted by atomic mass is 10.1. The molecule has 1 heterocycles. The number of rotatable bonds is 7. The maximum atomic E-state index is 12.3. The number of anilines is 1. The standard InChI is InChI=1S/C24H19Cl3N2O4/c1-2-29-20-6-4-3-5-15(20)16-9-14(7-8-21(16)29)28-23(30)12-33-24(31)13-32-22-11-18(26)17(25)10-19(22)27/h3-11H,2,12-13H2,1H3,(H,28,30). The molecule has 0 aliphatic rings. The van der Waals surface area contributed by atoms with Crippen molar-refractivity contribution in [1.29, 1.82) is 0 Å². The van der Waals surface area contributed by atoms with Gasteiger partial charge in [-0.3, -0.25) is 4.79 Å². The number of fused-ring (bicyclic) bond motifs is 3. The quantitative estimate of drug-likeness (QED) is 0.235. The zero-order valence-electron chi connectivity index (χ0n) is 17.5. The zero-order valence-corrected chi connectivity index (χ0v) is 19.8. The monoisotopic (exact) mass is 504 g/mol. The lowest BCUT2D eigenvalue weighted by Crippen LogP contribution is -2.23. The Balaban J connectivity index is 1.36. The van der Waals surface area contributed by atoms with Gasteiger partial charge in [0, 0.05) is 40.1 Å². The van der Waals surface area contributed by atoms with E-state index in [9.17, 15) is 9.59 Å². The van der Waals surface area contributed by atoms with Gasteiger partial charge in [0.2, 0.25) is 0 Å². The van der Waals surface area contributed by atoms with Crippen molar-refractivity contribution in [3.05, 3.63) is 69.7 Å². The summed E-state index contributed by atoms with van der Waals surface area (Å²) in [5, 5.41) is 5.61. The molecule has 0 aliphatic carbocycles. The second-order valence-electron chi connectivity index (χ2n) is 7.19. The number of amides is 1. The normalized spacial score (nSPS) is 11.0. The van der Waals surface area contributed by atoms with Crippen molar-refractivity contribution in [3.8, 4) is 5.75 Å². The molecule has 4 rings (SSSR count). The number of ether oxygens (including phenoxy) is 2. The molecule has 9 heteroatoms. The number of nitrogens with zero attached hydrogens (tertiary/aromatic N) is 1. The molecule has 3 aromatic carbocycles. The molecule has 1 N–H and O–H groups in total. The van der Waals surface area contributed by atoms with Gasteiger partial charge in [-0.25, -0.2) is 4.79 Å². The van der Waals surface area contributed by atoms with Gasteiger partial charge < -0.3 is 19.4 Å². The number of hydrogen-bond acceptors (Lipinski definition) is 4. The number of aryl methyl sites for hydroxylation is 1. The van der Waals surface area contributed by atoms with E-state index in [0.717, 1.165) is 28.4 Å². The van der Waals surface area contributed by atoms with E-state index in [1.165, 1.54) is 12.1 Å². The van der Waals surface area contributed by atoms with Gasteiger partial charge in [0.05, 0.1) is 15.1 Å². The molecule has 170 valence electrons. The molecule has 33 heavy (non-hydrogen) atoms. The van der Waals surface area contributed by atoms with E-state index in [0.29, 0.717) is 5.69 Å². The van der Waals surface area contributed by atoms with Gasteiger partial charge in [0.25, 0.3) is 5.91 Å². The summed E-state index contributed by atoms with van der Waals surface area (Å²) >= 11 is 17.8. The Morgan fingerprint density at radius 3 is 2.39 bits per heavy atom. The first-order valence-corrected chi connectivity index (χ1v) is 11.2. The zero-order chi connectivity index (χ0) is 23.5. The predicted octanol–water partition coefficient (Wildman–Crippen LogP) is 6.34. The number of benzene rings is 3. The van der Waals surface area contributed by atoms with Gasteiger partial charge in [-0.15, -0.1) is 0 Å². The molecule has 4 aromatic rings. The molecule has 1 amide bonds. The second kappa shape index (κ2) is 9.91. The fourth-order valence-corrected chi connectivity index (χ4v) is 4.20. The summed E-state index contributed by atoms with van der Waals surface area (Å²) in [6.07, 6.45) is 0. The topological polar surface area (TPSA) is 69.6 Å². The van der Waals surface area contributed by atoms with Crippen molar-refractivity contribution >= 4 is 74.2 Å². The first-order valence-electron chi connectivity index (χ1n) is 10.1. The Morgan fingerprint density at radius 2 is 1.61 bits per heavy atom. The maximum absolute atomic E-state index is 12.3. The maximum Gasteiger partial charge on any atom is 0.344 e. The van der Waals surface area contributed by atoms with Crippen LogP contribution in [0.4, 0.5) is 5.69 Å². The molecule has 0 saturated carbocycles. The van der Waals surface area contributed by atoms with Gasteiger partial charge in [0.15, 0.2) is 13.2 Å². The van der Waals surface area contributed by atoms with Crippen molar-refractivity contribution in [2.45, 2.75) is 13.5 Å². The van der Waals surface area contributed by atoms with Crippen LogP contribution in [0.3, 0.4) is 0 Å². The van der Waals surface area contributed by atoms with Crippen molar-refractivity contribution < 1.29 is 19.1 Å². The Morgan fingerprint density at radius 1 is 0.879 bits per heavy atom. The Hall–Kier alpha value is -2.93. The number of halogens is 3. The van der Waals surface area contributed by atoms with Gasteiger partial charge in [-0.1, -0.05) is 53.0 Å². The van der Waals surface area contributed by atoms with Crippen LogP contribution in [-0.4, -0.2) is 29.7 Å². The fraction of sp³-hybridized carbons (Fsp3) is 0.167. The molecule has 0 radical (unpaired) electrons. The van der Waals surface area contributed by atoms with Crippen LogP contribution >= 0.6 is 34.8 Å². The molecule has 0 bridgehead atoms. The van der Waals surface area contributed by atoms with E-state index < -0.39 is 25.1 Å². The fourth-order valence-electron chi connectivity index (χ4n) is 3.61. The molecule has 0 fully saturated rings. The highest BCUT2D eigenvalue weighted by Gasteiger charge is 2.14. The van der Waals surface area contributed by atoms with Gasteiger partial charge in [0.1, 0.15) is 5.75 Å². The summed E-state index contributed by atoms with van der Waals surface area (Å²) < 4.78 is 12.5. The average molecular weight is 506 g/mol. The minimum atomic E-state index is -0.728. The highest BCUT2D eigenvalue weighted by molar-refractivity contribution is 6.43. The number of hydrogen-bond donors (Lipinski definition) is 1. The molecule has 0 aliphatic heterocycles. The number of nitrogens with one attached hydrogen (secondary N) is 1. The molecule has 6 nitrogen and oxygen atoms in total. The highest BCUT2D eigenvalue weighted by atomic mass is 35.5. The van der Waals surface area contributed by atoms with E-state index in [4.69, 9.17) is 44.3 Å². The van der Waals surface area contributed by atoms with Crippen LogP contribution in [0.2, 0.25) is 15.1 Å². The summed E-state index contributed by atoms with van der Waals surface area (Å²) in [5.41, 5.74) is 2.83. The van der Waals surface area contributed by atoms with Crippen LogP contribution in [0.5, 0.6) is 5.75 Å². The van der Waals surface area contributed by atoms with Crippen molar-refractivity contribution in [2.24, 2.45) is 0 Å². The number of aromatic nitrogens is 1. The van der Waals surface area contributed by atoms with Crippen molar-refractivity contribution in [3.63, 3.8) is 0 Å². The van der Waals surface area contributed by atoms with E-state index in [2.05, 4.69) is 28.9 Å². The van der Waals surface area contributed by atoms with Crippen LogP contribution in [-0.2, 0) is 20.9 Å². The van der Waals surface area contributed by atoms with Gasteiger partial charge >= 0.3 is 5.97 Å². The number of carbonyl (C=O) groups excluding carboxylic acids is 2. The number of carbonyl (C=O) groups is 2. The highest BCUT2D eigenvalue weighted by Crippen LogP contribution is 2.34. The Kier molecular flexibility index (Phi) is 6.98. The van der Waals surface area contributed by atoms with Crippen LogP contribution in [0.15, 0.2) is 54.6 Å². The third-order valence-corrected chi connectivity index (χ3v) is 6.07. The minimum absolute atomic E-state index is 0.187. The summed E-state index contributed by atoms with van der Waals surface area (Å²) in [4.78, 5) is 24.3. The second-order valence-corrected chi connectivity index (χ2v) is 8.41. The van der Waals surface area contributed by atoms with Crippen LogP contribution in [0.25, 0.3) is 21.8 Å². The molecule has 0 atom stereocenters. The van der Waals surface area contributed by atoms with Crippen LogP contribution in [0.1, 0.15) is 6.92 Å². The summed E-state index contributed by atoms with van der Waals surface area (Å²) in [7, 11) is 0.